The fraction of sp³-hybridized carbons (Fsp3) is 0.455. The minimum Gasteiger partial charge on any atom is -0.396 e. The van der Waals surface area contributed by atoms with Gasteiger partial charge in [-0.1, -0.05) is 27.5 Å². The van der Waals surface area contributed by atoms with Crippen LogP contribution in [0.5, 0.6) is 0 Å². The Kier molecular flexibility index (Phi) is 4.33. The molecule has 0 aromatic heterocycles. The van der Waals surface area contributed by atoms with Crippen LogP contribution in [0.25, 0.3) is 0 Å². The van der Waals surface area contributed by atoms with Crippen LogP contribution in [0.2, 0.25) is 5.02 Å². The van der Waals surface area contributed by atoms with Gasteiger partial charge in [-0.05, 0) is 30.5 Å². The Morgan fingerprint density at radius 3 is 2.78 bits per heavy atom. The lowest BCUT2D eigenvalue weighted by Crippen LogP contribution is -2.29. The number of aliphatic hydroxyl groups excluding tert-OH is 1. The fourth-order valence-corrected chi connectivity index (χ4v) is 4.53. The van der Waals surface area contributed by atoms with Crippen LogP contribution in [-0.4, -0.2) is 37.5 Å². The fourth-order valence-electron chi connectivity index (χ4n) is 1.99. The highest BCUT2D eigenvalue weighted by atomic mass is 79.9. The van der Waals surface area contributed by atoms with Gasteiger partial charge in [-0.3, -0.25) is 0 Å². The van der Waals surface area contributed by atoms with Gasteiger partial charge >= 0.3 is 0 Å². The largest absolute Gasteiger partial charge is 0.396 e. The van der Waals surface area contributed by atoms with Gasteiger partial charge in [0.15, 0.2) is 0 Å². The summed E-state index contributed by atoms with van der Waals surface area (Å²) in [7, 11) is -3.56. The first-order valence-electron chi connectivity index (χ1n) is 5.51. The Bertz CT molecular complexity index is 549. The molecule has 1 fully saturated rings. The number of nitrogens with zero attached hydrogens (tertiary/aromatic N) is 1. The highest BCUT2D eigenvalue weighted by molar-refractivity contribution is 9.10. The molecule has 1 aliphatic heterocycles. The Morgan fingerprint density at radius 1 is 1.50 bits per heavy atom. The lowest BCUT2D eigenvalue weighted by atomic mass is 10.1. The van der Waals surface area contributed by atoms with Crippen molar-refractivity contribution < 1.29 is 13.5 Å². The zero-order valence-corrected chi connectivity index (χ0v) is 12.7. The van der Waals surface area contributed by atoms with E-state index in [4.69, 9.17) is 16.7 Å². The Hall–Kier alpha value is -0.140. The summed E-state index contributed by atoms with van der Waals surface area (Å²) in [6.45, 7) is 0.797. The van der Waals surface area contributed by atoms with Gasteiger partial charge in [-0.15, -0.1) is 0 Å². The van der Waals surface area contributed by atoms with E-state index in [1.165, 1.54) is 10.4 Å². The van der Waals surface area contributed by atoms with Crippen molar-refractivity contribution in [3.63, 3.8) is 0 Å². The number of hydrogen-bond acceptors (Lipinski definition) is 3. The summed E-state index contributed by atoms with van der Waals surface area (Å²) < 4.78 is 26.9. The van der Waals surface area contributed by atoms with E-state index in [9.17, 15) is 8.42 Å². The minimum atomic E-state index is -3.56. The molecule has 0 amide bonds. The third-order valence-electron chi connectivity index (χ3n) is 3.02. The van der Waals surface area contributed by atoms with Crippen molar-refractivity contribution in [2.24, 2.45) is 5.92 Å². The molecule has 1 heterocycles. The summed E-state index contributed by atoms with van der Waals surface area (Å²) in [6.07, 6.45) is 0.684. The van der Waals surface area contributed by atoms with Gasteiger partial charge in [0, 0.05) is 24.2 Å². The van der Waals surface area contributed by atoms with Crippen molar-refractivity contribution in [3.8, 4) is 0 Å². The van der Waals surface area contributed by atoms with Crippen LogP contribution in [0.3, 0.4) is 0 Å². The number of halogens is 2. The van der Waals surface area contributed by atoms with E-state index in [2.05, 4.69) is 15.9 Å². The number of benzene rings is 1. The van der Waals surface area contributed by atoms with Gasteiger partial charge in [0.25, 0.3) is 0 Å². The summed E-state index contributed by atoms with van der Waals surface area (Å²) in [5, 5.41) is 9.26. The zero-order chi connectivity index (χ0) is 13.3. The van der Waals surface area contributed by atoms with E-state index >= 15 is 0 Å². The SMILES string of the molecule is O=S(=O)(c1ccc(Br)cc1Cl)N1CCC(CO)C1. The predicted octanol–water partition coefficient (Wildman–Crippen LogP) is 2.11. The van der Waals surface area contributed by atoms with Crippen molar-refractivity contribution in [2.75, 3.05) is 19.7 Å². The molecule has 1 aromatic rings. The maximum Gasteiger partial charge on any atom is 0.244 e. The van der Waals surface area contributed by atoms with Crippen molar-refractivity contribution >= 4 is 37.6 Å². The molecule has 100 valence electrons. The first-order chi connectivity index (χ1) is 8.45. The standard InChI is InChI=1S/C11H13BrClNO3S/c12-9-1-2-11(10(13)5-9)18(16,17)14-4-3-8(6-14)7-15/h1-2,5,8,15H,3-4,6-7H2. The maximum absolute atomic E-state index is 12.4. The third-order valence-corrected chi connectivity index (χ3v) is 5.86. The lowest BCUT2D eigenvalue weighted by Gasteiger charge is -2.17. The van der Waals surface area contributed by atoms with Crippen LogP contribution in [0, 0.1) is 5.92 Å². The van der Waals surface area contributed by atoms with Crippen molar-refractivity contribution in [2.45, 2.75) is 11.3 Å². The molecule has 1 aromatic carbocycles. The van der Waals surface area contributed by atoms with Crippen LogP contribution in [0.15, 0.2) is 27.6 Å². The highest BCUT2D eigenvalue weighted by Crippen LogP contribution is 2.30. The normalized spacial score (nSPS) is 21.4. The lowest BCUT2D eigenvalue weighted by molar-refractivity contribution is 0.233. The number of sulfonamides is 1. The molecule has 0 aliphatic carbocycles. The van der Waals surface area contributed by atoms with Gasteiger partial charge in [0.1, 0.15) is 4.90 Å². The van der Waals surface area contributed by atoms with E-state index in [-0.39, 0.29) is 22.4 Å². The average molecular weight is 355 g/mol. The Balaban J connectivity index is 2.31. The molecule has 4 nitrogen and oxygen atoms in total. The number of rotatable bonds is 3. The molecule has 1 unspecified atom stereocenters. The highest BCUT2D eigenvalue weighted by Gasteiger charge is 2.33. The van der Waals surface area contributed by atoms with E-state index in [0.29, 0.717) is 19.5 Å². The molecule has 1 saturated heterocycles. The molecule has 0 saturated carbocycles. The molecule has 0 radical (unpaired) electrons. The summed E-state index contributed by atoms with van der Waals surface area (Å²) in [5.41, 5.74) is 0. The second-order valence-electron chi connectivity index (χ2n) is 4.28. The molecular formula is C11H13BrClNO3S. The van der Waals surface area contributed by atoms with Crippen LogP contribution < -0.4 is 0 Å². The second kappa shape index (κ2) is 5.46. The van der Waals surface area contributed by atoms with Gasteiger partial charge in [-0.25, -0.2) is 8.42 Å². The maximum atomic E-state index is 12.4. The summed E-state index contributed by atoms with van der Waals surface area (Å²) in [4.78, 5) is 0.117. The Morgan fingerprint density at radius 2 is 2.22 bits per heavy atom. The van der Waals surface area contributed by atoms with Crippen molar-refractivity contribution in [1.82, 2.24) is 4.31 Å². The van der Waals surface area contributed by atoms with E-state index in [1.54, 1.807) is 12.1 Å². The molecule has 1 atom stereocenters. The second-order valence-corrected chi connectivity index (χ2v) is 7.50. The van der Waals surface area contributed by atoms with Gasteiger partial charge in [0.05, 0.1) is 5.02 Å². The first kappa shape index (κ1) is 14.3. The van der Waals surface area contributed by atoms with Gasteiger partial charge in [0.2, 0.25) is 10.0 Å². The van der Waals surface area contributed by atoms with Crippen LogP contribution >= 0.6 is 27.5 Å². The molecule has 18 heavy (non-hydrogen) atoms. The monoisotopic (exact) mass is 353 g/mol. The number of aliphatic hydroxyl groups is 1. The zero-order valence-electron chi connectivity index (χ0n) is 9.51. The number of hydrogen-bond donors (Lipinski definition) is 1. The van der Waals surface area contributed by atoms with Crippen LogP contribution in [0.1, 0.15) is 6.42 Å². The summed E-state index contributed by atoms with van der Waals surface area (Å²) in [5.74, 6) is 0.0222. The topological polar surface area (TPSA) is 57.6 Å². The molecule has 2 rings (SSSR count). The minimum absolute atomic E-state index is 0.0140. The summed E-state index contributed by atoms with van der Waals surface area (Å²) in [6, 6.07) is 4.71. The molecule has 1 aliphatic rings. The molecule has 0 spiro atoms. The Labute approximate surface area is 120 Å². The van der Waals surface area contributed by atoms with Crippen LogP contribution in [-0.2, 0) is 10.0 Å². The molecular weight excluding hydrogens is 342 g/mol. The van der Waals surface area contributed by atoms with E-state index < -0.39 is 10.0 Å². The molecule has 7 heteroatoms. The predicted molar refractivity (Wildman–Crippen MR) is 73.1 cm³/mol. The van der Waals surface area contributed by atoms with E-state index in [0.717, 1.165) is 4.47 Å². The van der Waals surface area contributed by atoms with Crippen molar-refractivity contribution in [1.29, 1.82) is 0 Å². The third kappa shape index (κ3) is 2.72. The molecule has 1 N–H and O–H groups in total. The van der Waals surface area contributed by atoms with E-state index in [1.807, 2.05) is 0 Å². The smallest absolute Gasteiger partial charge is 0.244 e. The molecule has 0 bridgehead atoms. The van der Waals surface area contributed by atoms with Crippen LogP contribution in [0.4, 0.5) is 0 Å². The quantitative estimate of drug-likeness (QED) is 0.904. The van der Waals surface area contributed by atoms with Gasteiger partial charge in [-0.2, -0.15) is 4.31 Å². The van der Waals surface area contributed by atoms with Crippen molar-refractivity contribution in [3.05, 3.63) is 27.7 Å². The summed E-state index contributed by atoms with van der Waals surface area (Å²) >= 11 is 9.22. The van der Waals surface area contributed by atoms with Gasteiger partial charge < -0.3 is 5.11 Å². The average Bonchev–Trinajstić information content (AvgIpc) is 2.77. The first-order valence-corrected chi connectivity index (χ1v) is 8.12.